The van der Waals surface area contributed by atoms with Gasteiger partial charge in [0.2, 0.25) is 21.8 Å². The minimum absolute atomic E-state index is 0.000496. The Kier molecular flexibility index (Phi) is 7.29. The van der Waals surface area contributed by atoms with E-state index in [0.717, 1.165) is 23.3 Å². The second kappa shape index (κ2) is 9.78. The zero-order chi connectivity index (χ0) is 23.5. The molecule has 0 bridgehead atoms. The Hall–Kier alpha value is -2.79. The van der Waals surface area contributed by atoms with Gasteiger partial charge >= 0.3 is 5.97 Å². The number of nitrogens with one attached hydrogen (secondary N) is 1. The first-order valence-electron chi connectivity index (χ1n) is 10.5. The van der Waals surface area contributed by atoms with E-state index < -0.39 is 34.5 Å². The van der Waals surface area contributed by atoms with Crippen molar-refractivity contribution in [3.63, 3.8) is 0 Å². The second-order valence-corrected chi connectivity index (χ2v) is 9.68. The van der Waals surface area contributed by atoms with E-state index >= 15 is 0 Å². The van der Waals surface area contributed by atoms with Crippen LogP contribution in [0.15, 0.2) is 29.2 Å². The van der Waals surface area contributed by atoms with Crippen LogP contribution in [0.25, 0.3) is 0 Å². The molecule has 2 aliphatic rings. The van der Waals surface area contributed by atoms with Crippen molar-refractivity contribution in [3.8, 4) is 0 Å². The lowest BCUT2D eigenvalue weighted by Crippen LogP contribution is -2.45. The highest BCUT2D eigenvalue weighted by atomic mass is 32.2. The second-order valence-electron chi connectivity index (χ2n) is 8.12. The fourth-order valence-corrected chi connectivity index (χ4v) is 4.69. The number of likely N-dealkylation sites (tertiary alicyclic amines) is 1. The Labute approximate surface area is 186 Å². The number of ether oxygens (including phenoxy) is 1. The van der Waals surface area contributed by atoms with E-state index in [4.69, 9.17) is 9.88 Å². The highest BCUT2D eigenvalue weighted by Gasteiger charge is 2.51. The summed E-state index contributed by atoms with van der Waals surface area (Å²) in [6.07, 6.45) is 3.52. The van der Waals surface area contributed by atoms with Gasteiger partial charge in [0.05, 0.1) is 16.7 Å². The number of sulfonamides is 1. The molecule has 1 aromatic carbocycles. The predicted molar refractivity (Wildman–Crippen MR) is 112 cm³/mol. The third kappa shape index (κ3) is 5.33. The van der Waals surface area contributed by atoms with E-state index in [1.807, 2.05) is 0 Å². The van der Waals surface area contributed by atoms with Crippen molar-refractivity contribution in [3.05, 3.63) is 29.8 Å². The fourth-order valence-electron chi connectivity index (χ4n) is 4.18. The van der Waals surface area contributed by atoms with Crippen molar-refractivity contribution in [2.75, 3.05) is 13.2 Å². The fraction of sp³-hybridized carbons (Fsp3) is 0.524. The summed E-state index contributed by atoms with van der Waals surface area (Å²) < 4.78 is 27.5. The van der Waals surface area contributed by atoms with Gasteiger partial charge < -0.3 is 10.1 Å². The molecule has 1 saturated carbocycles. The van der Waals surface area contributed by atoms with Crippen LogP contribution in [0.2, 0.25) is 0 Å². The summed E-state index contributed by atoms with van der Waals surface area (Å²) in [6.45, 7) is 1.14. The molecule has 11 heteroatoms. The van der Waals surface area contributed by atoms with Crippen molar-refractivity contribution >= 4 is 33.7 Å². The Morgan fingerprint density at radius 2 is 1.69 bits per heavy atom. The Morgan fingerprint density at radius 3 is 2.22 bits per heavy atom. The van der Waals surface area contributed by atoms with E-state index in [2.05, 4.69) is 5.32 Å². The number of esters is 1. The van der Waals surface area contributed by atoms with Crippen LogP contribution >= 0.6 is 0 Å². The van der Waals surface area contributed by atoms with Crippen LogP contribution in [-0.2, 0) is 40.4 Å². The number of imide groups is 1. The number of hydrogen-bond acceptors (Lipinski definition) is 7. The summed E-state index contributed by atoms with van der Waals surface area (Å²) in [7, 11) is -3.76. The van der Waals surface area contributed by atoms with Gasteiger partial charge in [-0.05, 0) is 43.9 Å². The van der Waals surface area contributed by atoms with Gasteiger partial charge in [-0.1, -0.05) is 25.0 Å². The molecule has 3 amide bonds. The number of hydrogen-bond donors (Lipinski definition) is 2. The van der Waals surface area contributed by atoms with E-state index in [9.17, 15) is 27.6 Å². The first-order valence-corrected chi connectivity index (χ1v) is 12.1. The quantitative estimate of drug-likeness (QED) is 0.408. The number of nitrogens with two attached hydrogens (primary N) is 1. The molecule has 1 aliphatic heterocycles. The summed E-state index contributed by atoms with van der Waals surface area (Å²) >= 11 is 0. The van der Waals surface area contributed by atoms with E-state index in [-0.39, 0.29) is 35.1 Å². The summed E-state index contributed by atoms with van der Waals surface area (Å²) in [5.41, 5.74) is 0.788. The highest BCUT2D eigenvalue weighted by Crippen LogP contribution is 2.38. The molecule has 3 N–H and O–H groups in total. The van der Waals surface area contributed by atoms with Gasteiger partial charge in [0, 0.05) is 6.54 Å². The molecule has 2 fully saturated rings. The van der Waals surface area contributed by atoms with Gasteiger partial charge in [0.25, 0.3) is 5.91 Å². The lowest BCUT2D eigenvalue weighted by molar-refractivity contribution is -0.159. The Bertz CT molecular complexity index is 983. The molecule has 0 radical (unpaired) electrons. The SMILES string of the molecule is C[C@@H](C(=O)OCC(=O)NCCc1ccc(S(N)(=O)=O)cc1)N1C(=O)[C@@H]2CCCC[C@H]2C1=O. The molecule has 1 aliphatic carbocycles. The van der Waals surface area contributed by atoms with Crippen LogP contribution < -0.4 is 10.5 Å². The number of benzene rings is 1. The highest BCUT2D eigenvalue weighted by molar-refractivity contribution is 7.89. The van der Waals surface area contributed by atoms with Crippen molar-refractivity contribution < 1.29 is 32.3 Å². The third-order valence-corrected chi connectivity index (χ3v) is 6.87. The molecule has 1 saturated heterocycles. The van der Waals surface area contributed by atoms with Gasteiger partial charge in [-0.2, -0.15) is 0 Å². The number of carbonyl (C=O) groups is 4. The number of amides is 3. The maximum Gasteiger partial charge on any atom is 0.329 e. The lowest BCUT2D eigenvalue weighted by Gasteiger charge is -2.21. The summed E-state index contributed by atoms with van der Waals surface area (Å²) in [5, 5.41) is 7.64. The average Bonchev–Trinajstić information content (AvgIpc) is 3.01. The van der Waals surface area contributed by atoms with Gasteiger partial charge in [0.15, 0.2) is 6.61 Å². The summed E-state index contributed by atoms with van der Waals surface area (Å²) in [6, 6.07) is 4.87. The third-order valence-electron chi connectivity index (χ3n) is 5.94. The minimum Gasteiger partial charge on any atom is -0.454 e. The lowest BCUT2D eigenvalue weighted by atomic mass is 9.81. The number of primary sulfonamides is 1. The topological polar surface area (TPSA) is 153 Å². The Morgan fingerprint density at radius 1 is 1.12 bits per heavy atom. The predicted octanol–water partition coefficient (Wildman–Crippen LogP) is 0.0996. The van der Waals surface area contributed by atoms with Gasteiger partial charge in [-0.15, -0.1) is 0 Å². The van der Waals surface area contributed by atoms with Crippen LogP contribution in [0.1, 0.15) is 38.2 Å². The monoisotopic (exact) mass is 465 g/mol. The van der Waals surface area contributed by atoms with Crippen molar-refractivity contribution in [2.45, 2.75) is 50.0 Å². The standard InChI is InChI=1S/C21H27N3O7S/c1-13(24-19(26)16-4-2-3-5-17(16)20(24)27)21(28)31-12-18(25)23-11-10-14-6-8-15(9-7-14)32(22,29)30/h6-9,13,16-17H,2-5,10-12H2,1H3,(H,23,25)(H2,22,29,30)/t13-,16+,17+/m0/s1. The molecular weight excluding hydrogens is 438 g/mol. The molecule has 32 heavy (non-hydrogen) atoms. The first-order chi connectivity index (χ1) is 15.1. The maximum atomic E-state index is 12.6. The van der Waals surface area contributed by atoms with E-state index in [0.29, 0.717) is 19.3 Å². The van der Waals surface area contributed by atoms with Crippen molar-refractivity contribution in [1.82, 2.24) is 10.2 Å². The van der Waals surface area contributed by atoms with E-state index in [1.165, 1.54) is 19.1 Å². The minimum atomic E-state index is -3.76. The number of fused-ring (bicyclic) bond motifs is 1. The van der Waals surface area contributed by atoms with Crippen LogP contribution in [0, 0.1) is 11.8 Å². The molecule has 0 spiro atoms. The molecule has 0 aromatic heterocycles. The van der Waals surface area contributed by atoms with Gasteiger partial charge in [-0.3, -0.25) is 19.3 Å². The maximum absolute atomic E-state index is 12.6. The summed E-state index contributed by atoms with van der Waals surface area (Å²) in [5.74, 6) is -2.70. The molecule has 3 rings (SSSR count). The van der Waals surface area contributed by atoms with Crippen molar-refractivity contribution in [2.24, 2.45) is 17.0 Å². The molecule has 3 atom stereocenters. The average molecular weight is 466 g/mol. The molecule has 174 valence electrons. The largest absolute Gasteiger partial charge is 0.454 e. The Balaban J connectivity index is 1.43. The number of rotatable bonds is 8. The van der Waals surface area contributed by atoms with Crippen molar-refractivity contribution in [1.29, 1.82) is 0 Å². The molecule has 1 aromatic rings. The van der Waals surface area contributed by atoms with Gasteiger partial charge in [0.1, 0.15) is 6.04 Å². The first kappa shape index (κ1) is 23.9. The molecular formula is C21H27N3O7S. The van der Waals surface area contributed by atoms with Crippen LogP contribution in [0.3, 0.4) is 0 Å². The number of carbonyl (C=O) groups excluding carboxylic acids is 4. The molecule has 0 unspecified atom stereocenters. The summed E-state index contributed by atoms with van der Waals surface area (Å²) in [4.78, 5) is 50.4. The smallest absolute Gasteiger partial charge is 0.329 e. The van der Waals surface area contributed by atoms with Gasteiger partial charge in [-0.25, -0.2) is 18.4 Å². The van der Waals surface area contributed by atoms with E-state index in [1.54, 1.807) is 12.1 Å². The molecule has 1 heterocycles. The zero-order valence-electron chi connectivity index (χ0n) is 17.8. The zero-order valence-corrected chi connectivity index (χ0v) is 18.6. The van der Waals surface area contributed by atoms with Crippen LogP contribution in [-0.4, -0.2) is 56.2 Å². The number of nitrogens with zero attached hydrogens (tertiary/aromatic N) is 1. The normalized spacial score (nSPS) is 21.8. The molecule has 10 nitrogen and oxygen atoms in total. The van der Waals surface area contributed by atoms with Crippen LogP contribution in [0.5, 0.6) is 0 Å². The van der Waals surface area contributed by atoms with Crippen LogP contribution in [0.4, 0.5) is 0 Å².